The number of hydrogen-bond acceptors (Lipinski definition) is 6. The lowest BCUT2D eigenvalue weighted by Gasteiger charge is -2.38. The average molecular weight is 447 g/mol. The number of hydrogen-bond donors (Lipinski definition) is 3. The van der Waals surface area contributed by atoms with Crippen LogP contribution in [0.15, 0.2) is 24.3 Å². The molecule has 4 rings (SSSR count). The second-order valence-electron chi connectivity index (χ2n) is 7.88. The van der Waals surface area contributed by atoms with E-state index in [9.17, 15) is 42.6 Å². The number of amides is 1. The van der Waals surface area contributed by atoms with E-state index in [-0.39, 0.29) is 40.7 Å². The molecule has 0 aromatic heterocycles. The molecular formula is C22H16F3NO6. The zero-order chi connectivity index (χ0) is 23.6. The van der Waals surface area contributed by atoms with Gasteiger partial charge in [0.1, 0.15) is 17.0 Å². The smallest absolute Gasteiger partial charge is 0.471 e. The van der Waals surface area contributed by atoms with Crippen molar-refractivity contribution in [2.45, 2.75) is 37.9 Å². The van der Waals surface area contributed by atoms with Crippen molar-refractivity contribution in [2.75, 3.05) is 0 Å². The summed E-state index contributed by atoms with van der Waals surface area (Å²) in [7, 11) is 0. The summed E-state index contributed by atoms with van der Waals surface area (Å²) in [5.41, 5.74) is -2.95. The normalized spacial score (nSPS) is 19.6. The number of rotatable bonds is 2. The van der Waals surface area contributed by atoms with Crippen molar-refractivity contribution in [2.24, 2.45) is 0 Å². The fraction of sp³-hybridized carbons (Fsp3) is 0.273. The molecule has 0 fully saturated rings. The number of phenolic OH excluding ortho intramolecular Hbond substituents is 2. The van der Waals surface area contributed by atoms with E-state index in [1.807, 2.05) is 0 Å². The molecule has 2 aliphatic rings. The number of carbonyl (C=O) groups is 4. The number of Topliss-reactive ketones (excluding diaryl/α,β-unsaturated/α-hetero) is 1. The first-order chi connectivity index (χ1) is 14.9. The fourth-order valence-corrected chi connectivity index (χ4v) is 4.39. The molecule has 0 aliphatic heterocycles. The number of ketones is 3. The van der Waals surface area contributed by atoms with Gasteiger partial charge in [-0.25, -0.2) is 0 Å². The molecule has 3 N–H and O–H groups in total. The molecule has 1 atom stereocenters. The third kappa shape index (κ3) is 2.97. The van der Waals surface area contributed by atoms with E-state index < -0.39 is 58.5 Å². The largest absolute Gasteiger partial charge is 0.507 e. The first-order valence-electron chi connectivity index (χ1n) is 9.57. The summed E-state index contributed by atoms with van der Waals surface area (Å²) in [5.74, 6) is -5.81. The molecule has 7 nitrogen and oxygen atoms in total. The van der Waals surface area contributed by atoms with Gasteiger partial charge in [-0.1, -0.05) is 24.3 Å². The summed E-state index contributed by atoms with van der Waals surface area (Å²) >= 11 is 0. The van der Waals surface area contributed by atoms with Crippen molar-refractivity contribution in [3.8, 4) is 11.5 Å². The molecule has 10 heteroatoms. The van der Waals surface area contributed by atoms with Gasteiger partial charge < -0.3 is 15.5 Å². The van der Waals surface area contributed by atoms with Crippen LogP contribution in [0.5, 0.6) is 11.5 Å². The molecule has 1 amide bonds. The molecule has 32 heavy (non-hydrogen) atoms. The highest BCUT2D eigenvalue weighted by molar-refractivity contribution is 6.30. The van der Waals surface area contributed by atoms with Crippen molar-refractivity contribution >= 4 is 23.3 Å². The average Bonchev–Trinajstić information content (AvgIpc) is 2.73. The van der Waals surface area contributed by atoms with Crippen LogP contribution >= 0.6 is 0 Å². The van der Waals surface area contributed by atoms with Crippen LogP contribution < -0.4 is 5.32 Å². The number of phenols is 2. The molecular weight excluding hydrogens is 431 g/mol. The van der Waals surface area contributed by atoms with Crippen LogP contribution in [0.3, 0.4) is 0 Å². The maximum atomic E-state index is 13.0. The van der Waals surface area contributed by atoms with Crippen LogP contribution in [0, 0.1) is 0 Å². The van der Waals surface area contributed by atoms with Crippen molar-refractivity contribution < 1.29 is 42.6 Å². The highest BCUT2D eigenvalue weighted by Crippen LogP contribution is 2.47. The number of benzene rings is 2. The number of alkyl halides is 3. The van der Waals surface area contributed by atoms with E-state index in [4.69, 9.17) is 0 Å². The van der Waals surface area contributed by atoms with Crippen LogP contribution in [0.4, 0.5) is 13.2 Å². The van der Waals surface area contributed by atoms with Gasteiger partial charge in [0.15, 0.2) is 17.3 Å². The van der Waals surface area contributed by atoms with Gasteiger partial charge in [-0.2, -0.15) is 13.2 Å². The minimum absolute atomic E-state index is 0.00124. The summed E-state index contributed by atoms with van der Waals surface area (Å²) in [6, 6.07) is 5.83. The van der Waals surface area contributed by atoms with Crippen LogP contribution in [0.25, 0.3) is 0 Å². The van der Waals surface area contributed by atoms with E-state index in [0.717, 1.165) is 6.92 Å². The highest BCUT2D eigenvalue weighted by Gasteiger charge is 2.49. The van der Waals surface area contributed by atoms with Gasteiger partial charge in [0.05, 0.1) is 11.1 Å². The minimum atomic E-state index is -5.24. The lowest BCUT2D eigenvalue weighted by Crippen LogP contribution is -2.59. The van der Waals surface area contributed by atoms with Crippen LogP contribution in [0.1, 0.15) is 56.3 Å². The first-order valence-corrected chi connectivity index (χ1v) is 9.57. The minimum Gasteiger partial charge on any atom is -0.507 e. The number of halogens is 3. The predicted molar refractivity (Wildman–Crippen MR) is 103 cm³/mol. The predicted octanol–water partition coefficient (Wildman–Crippen LogP) is 2.37. The number of nitrogens with one attached hydrogen (secondary N) is 1. The second-order valence-corrected chi connectivity index (χ2v) is 7.88. The molecule has 0 unspecified atom stereocenters. The quantitative estimate of drug-likeness (QED) is 0.519. The van der Waals surface area contributed by atoms with E-state index in [1.54, 1.807) is 5.32 Å². The van der Waals surface area contributed by atoms with E-state index in [1.165, 1.54) is 24.3 Å². The number of aromatic hydroxyl groups is 2. The summed E-state index contributed by atoms with van der Waals surface area (Å²) in [4.78, 5) is 49.8. The first kappa shape index (κ1) is 21.5. The van der Waals surface area contributed by atoms with Gasteiger partial charge in [0, 0.05) is 28.7 Å². The van der Waals surface area contributed by atoms with E-state index in [0.29, 0.717) is 0 Å². The summed E-state index contributed by atoms with van der Waals surface area (Å²) in [6.45, 7) is 1.00. The highest BCUT2D eigenvalue weighted by atomic mass is 19.4. The molecule has 166 valence electrons. The molecule has 0 saturated heterocycles. The Morgan fingerprint density at radius 3 is 1.94 bits per heavy atom. The molecule has 0 heterocycles. The SMILES string of the molecule is CC(=O)[C@@]1(NC(=O)C(F)(F)F)CCc2c(O)c3c(c(O)c2C1)C(=O)c1ccccc1C3=O. The van der Waals surface area contributed by atoms with Crippen LogP contribution in [-0.4, -0.2) is 45.2 Å². The standard InChI is InChI=1S/C22H16F3NO6/c1-9(27)21(26-20(32)22(23,24)25)7-6-12-13(8-21)19(31)15-14(18(12)30)16(28)10-4-2-3-5-11(10)17(15)29/h2-5,30-31H,6-8H2,1H3,(H,26,32)/t21-/m1/s1. The second kappa shape index (κ2) is 6.91. The number of carbonyl (C=O) groups excluding carboxylic acids is 4. The van der Waals surface area contributed by atoms with E-state index >= 15 is 0 Å². The van der Waals surface area contributed by atoms with Gasteiger partial charge >= 0.3 is 12.1 Å². The Hall–Kier alpha value is -3.69. The molecule has 0 spiro atoms. The van der Waals surface area contributed by atoms with Gasteiger partial charge in [0.25, 0.3) is 0 Å². The summed E-state index contributed by atoms with van der Waals surface area (Å²) in [6.07, 6.45) is -6.35. The Kier molecular flexibility index (Phi) is 4.65. The zero-order valence-electron chi connectivity index (χ0n) is 16.6. The summed E-state index contributed by atoms with van der Waals surface area (Å²) < 4.78 is 38.5. The van der Waals surface area contributed by atoms with Gasteiger partial charge in [-0.3, -0.25) is 19.2 Å². The Bertz CT molecular complexity index is 1230. The van der Waals surface area contributed by atoms with Gasteiger partial charge in [-0.05, 0) is 19.8 Å². The fourth-order valence-electron chi connectivity index (χ4n) is 4.39. The third-order valence-electron chi connectivity index (χ3n) is 6.09. The maximum Gasteiger partial charge on any atom is 0.471 e. The molecule has 2 aliphatic carbocycles. The topological polar surface area (TPSA) is 121 Å². The summed E-state index contributed by atoms with van der Waals surface area (Å²) in [5, 5.41) is 23.4. The lowest BCUT2D eigenvalue weighted by atomic mass is 9.71. The zero-order valence-corrected chi connectivity index (χ0v) is 16.6. The molecule has 0 bridgehead atoms. The molecule has 0 saturated carbocycles. The molecule has 0 radical (unpaired) electrons. The molecule has 2 aromatic rings. The maximum absolute atomic E-state index is 13.0. The Labute approximate surface area is 178 Å². The van der Waals surface area contributed by atoms with Gasteiger partial charge in [-0.15, -0.1) is 0 Å². The number of fused-ring (bicyclic) bond motifs is 3. The van der Waals surface area contributed by atoms with Crippen molar-refractivity contribution in [1.29, 1.82) is 0 Å². The Morgan fingerprint density at radius 2 is 1.47 bits per heavy atom. The molecule has 2 aromatic carbocycles. The van der Waals surface area contributed by atoms with E-state index in [2.05, 4.69) is 0 Å². The Balaban J connectivity index is 1.88. The van der Waals surface area contributed by atoms with Crippen LogP contribution in [-0.2, 0) is 22.4 Å². The third-order valence-corrected chi connectivity index (χ3v) is 6.09. The lowest BCUT2D eigenvalue weighted by molar-refractivity contribution is -0.176. The Morgan fingerprint density at radius 1 is 0.969 bits per heavy atom. The van der Waals surface area contributed by atoms with Crippen molar-refractivity contribution in [1.82, 2.24) is 5.32 Å². The van der Waals surface area contributed by atoms with Crippen molar-refractivity contribution in [3.63, 3.8) is 0 Å². The van der Waals surface area contributed by atoms with Crippen molar-refractivity contribution in [3.05, 3.63) is 57.6 Å². The monoisotopic (exact) mass is 447 g/mol. The van der Waals surface area contributed by atoms with Crippen LogP contribution in [0.2, 0.25) is 0 Å². The van der Waals surface area contributed by atoms with Gasteiger partial charge in [0.2, 0.25) is 0 Å².